The van der Waals surface area contributed by atoms with Gasteiger partial charge in [-0.1, -0.05) is 36.4 Å². The third-order valence-electron chi connectivity index (χ3n) is 4.64. The molecule has 1 fully saturated rings. The SMILES string of the molecule is N#Cc1ccc(CN(Cc2ccccc2)C(=O)N2CCCCC2)cc1F. The molecule has 3 rings (SSSR count). The second-order valence-electron chi connectivity index (χ2n) is 6.60. The Kier molecular flexibility index (Phi) is 5.85. The van der Waals surface area contributed by atoms with Gasteiger partial charge in [0, 0.05) is 26.2 Å². The minimum Gasteiger partial charge on any atom is -0.325 e. The lowest BCUT2D eigenvalue weighted by molar-refractivity contribution is 0.138. The van der Waals surface area contributed by atoms with E-state index in [1.54, 1.807) is 11.0 Å². The van der Waals surface area contributed by atoms with Gasteiger partial charge in [-0.15, -0.1) is 0 Å². The third-order valence-corrected chi connectivity index (χ3v) is 4.64. The molecule has 26 heavy (non-hydrogen) atoms. The van der Waals surface area contributed by atoms with Crippen molar-refractivity contribution >= 4 is 6.03 Å². The van der Waals surface area contributed by atoms with E-state index < -0.39 is 5.82 Å². The zero-order chi connectivity index (χ0) is 18.4. The first-order chi connectivity index (χ1) is 12.7. The smallest absolute Gasteiger partial charge is 0.320 e. The van der Waals surface area contributed by atoms with E-state index in [0.717, 1.165) is 37.9 Å². The molecule has 1 aliphatic heterocycles. The second kappa shape index (κ2) is 8.48. The predicted octanol–water partition coefficient (Wildman–Crippen LogP) is 4.31. The summed E-state index contributed by atoms with van der Waals surface area (Å²) in [6.45, 7) is 2.32. The number of hydrogen-bond donors (Lipinski definition) is 0. The predicted molar refractivity (Wildman–Crippen MR) is 97.6 cm³/mol. The van der Waals surface area contributed by atoms with Crippen molar-refractivity contribution in [1.82, 2.24) is 9.80 Å². The van der Waals surface area contributed by atoms with Crippen LogP contribution in [0.15, 0.2) is 48.5 Å². The number of rotatable bonds is 4. The van der Waals surface area contributed by atoms with Crippen LogP contribution in [0, 0.1) is 17.1 Å². The summed E-state index contributed by atoms with van der Waals surface area (Å²) in [6, 6.07) is 16.1. The summed E-state index contributed by atoms with van der Waals surface area (Å²) in [7, 11) is 0. The monoisotopic (exact) mass is 351 g/mol. The van der Waals surface area contributed by atoms with Gasteiger partial charge in [-0.25, -0.2) is 9.18 Å². The molecule has 0 aromatic heterocycles. The van der Waals surface area contributed by atoms with Gasteiger partial charge < -0.3 is 9.80 Å². The molecule has 0 spiro atoms. The van der Waals surface area contributed by atoms with Gasteiger partial charge in [0.2, 0.25) is 0 Å². The Morgan fingerprint density at radius 3 is 2.38 bits per heavy atom. The maximum absolute atomic E-state index is 13.9. The number of hydrogen-bond acceptors (Lipinski definition) is 2. The number of benzene rings is 2. The van der Waals surface area contributed by atoms with Crippen LogP contribution >= 0.6 is 0 Å². The summed E-state index contributed by atoms with van der Waals surface area (Å²) in [5.41, 5.74) is 1.74. The lowest BCUT2D eigenvalue weighted by atomic mass is 10.1. The Morgan fingerprint density at radius 1 is 1.04 bits per heavy atom. The average molecular weight is 351 g/mol. The molecule has 1 aliphatic rings. The highest BCUT2D eigenvalue weighted by Gasteiger charge is 2.23. The van der Waals surface area contributed by atoms with Crippen LogP contribution in [0.3, 0.4) is 0 Å². The number of halogens is 1. The first-order valence-electron chi connectivity index (χ1n) is 8.93. The molecule has 1 heterocycles. The molecule has 2 aromatic carbocycles. The number of carbonyl (C=O) groups is 1. The van der Waals surface area contributed by atoms with Crippen LogP contribution in [0.1, 0.15) is 36.0 Å². The standard InChI is InChI=1S/C21H22FN3O/c22-20-13-18(9-10-19(20)14-23)16-25(15-17-7-3-1-4-8-17)21(26)24-11-5-2-6-12-24/h1,3-4,7-10,13H,2,5-6,11-12,15-16H2. The van der Waals surface area contributed by atoms with Crippen LogP contribution in [0.2, 0.25) is 0 Å². The fraction of sp³-hybridized carbons (Fsp3) is 0.333. The van der Waals surface area contributed by atoms with Gasteiger partial charge >= 0.3 is 6.03 Å². The van der Waals surface area contributed by atoms with Crippen molar-refractivity contribution in [3.63, 3.8) is 0 Å². The maximum Gasteiger partial charge on any atom is 0.320 e. The Bertz CT molecular complexity index is 795. The lowest BCUT2D eigenvalue weighted by Crippen LogP contribution is -2.44. The van der Waals surface area contributed by atoms with Crippen LogP contribution < -0.4 is 0 Å². The van der Waals surface area contributed by atoms with E-state index in [1.807, 2.05) is 41.3 Å². The molecular formula is C21H22FN3O. The molecule has 2 aromatic rings. The number of piperidine rings is 1. The van der Waals surface area contributed by atoms with Crippen molar-refractivity contribution in [2.24, 2.45) is 0 Å². The Hall–Kier alpha value is -2.87. The minimum atomic E-state index is -0.546. The average Bonchev–Trinajstić information content (AvgIpc) is 2.68. The van der Waals surface area contributed by atoms with Crippen LogP contribution in [0.25, 0.3) is 0 Å². The second-order valence-corrected chi connectivity index (χ2v) is 6.60. The van der Waals surface area contributed by atoms with Crippen LogP contribution in [-0.4, -0.2) is 28.9 Å². The molecular weight excluding hydrogens is 329 g/mol. The van der Waals surface area contributed by atoms with E-state index in [-0.39, 0.29) is 11.6 Å². The van der Waals surface area contributed by atoms with Crippen LogP contribution in [0.4, 0.5) is 9.18 Å². The van der Waals surface area contributed by atoms with E-state index in [0.29, 0.717) is 18.7 Å². The number of urea groups is 1. The maximum atomic E-state index is 13.9. The van der Waals surface area contributed by atoms with Crippen molar-refractivity contribution in [2.45, 2.75) is 32.4 Å². The quantitative estimate of drug-likeness (QED) is 0.824. The van der Waals surface area contributed by atoms with E-state index in [1.165, 1.54) is 12.1 Å². The Balaban J connectivity index is 1.81. The summed E-state index contributed by atoms with van der Waals surface area (Å²) < 4.78 is 13.9. The van der Waals surface area contributed by atoms with Crippen molar-refractivity contribution in [3.05, 3.63) is 71.0 Å². The van der Waals surface area contributed by atoms with Crippen LogP contribution in [-0.2, 0) is 13.1 Å². The molecule has 0 radical (unpaired) electrons. The summed E-state index contributed by atoms with van der Waals surface area (Å²) >= 11 is 0. The first kappa shape index (κ1) is 17.9. The van der Waals surface area contributed by atoms with Gasteiger partial charge in [0.1, 0.15) is 11.9 Å². The highest BCUT2D eigenvalue weighted by atomic mass is 19.1. The summed E-state index contributed by atoms with van der Waals surface area (Å²) in [4.78, 5) is 16.7. The van der Waals surface area contributed by atoms with Gasteiger partial charge in [-0.2, -0.15) is 5.26 Å². The van der Waals surface area contributed by atoms with Gasteiger partial charge in [0.25, 0.3) is 0 Å². The summed E-state index contributed by atoms with van der Waals surface area (Å²) in [5.74, 6) is -0.546. The highest BCUT2D eigenvalue weighted by molar-refractivity contribution is 5.74. The molecule has 0 atom stereocenters. The highest BCUT2D eigenvalue weighted by Crippen LogP contribution is 2.18. The van der Waals surface area contributed by atoms with Crippen LogP contribution in [0.5, 0.6) is 0 Å². The first-order valence-corrected chi connectivity index (χ1v) is 8.93. The van der Waals surface area contributed by atoms with E-state index >= 15 is 0 Å². The molecule has 1 saturated heterocycles. The number of likely N-dealkylation sites (tertiary alicyclic amines) is 1. The zero-order valence-electron chi connectivity index (χ0n) is 14.7. The number of nitriles is 1. The van der Waals surface area contributed by atoms with Gasteiger partial charge in [-0.05, 0) is 42.5 Å². The van der Waals surface area contributed by atoms with Gasteiger partial charge in [0.15, 0.2) is 0 Å². The molecule has 0 aliphatic carbocycles. The fourth-order valence-corrected chi connectivity index (χ4v) is 3.25. The normalized spacial score (nSPS) is 13.9. The van der Waals surface area contributed by atoms with Crippen molar-refractivity contribution < 1.29 is 9.18 Å². The number of nitrogens with zero attached hydrogens (tertiary/aromatic N) is 3. The Morgan fingerprint density at radius 2 is 1.73 bits per heavy atom. The molecule has 5 heteroatoms. The molecule has 0 N–H and O–H groups in total. The molecule has 0 unspecified atom stereocenters. The lowest BCUT2D eigenvalue weighted by Gasteiger charge is -2.33. The minimum absolute atomic E-state index is 0.0154. The summed E-state index contributed by atoms with van der Waals surface area (Å²) in [5, 5.41) is 8.88. The zero-order valence-corrected chi connectivity index (χ0v) is 14.7. The van der Waals surface area contributed by atoms with Crippen molar-refractivity contribution in [2.75, 3.05) is 13.1 Å². The topological polar surface area (TPSA) is 47.3 Å². The summed E-state index contributed by atoms with van der Waals surface area (Å²) in [6.07, 6.45) is 3.20. The van der Waals surface area contributed by atoms with Gasteiger partial charge in [-0.3, -0.25) is 0 Å². The number of carbonyl (C=O) groups excluding carboxylic acids is 1. The fourth-order valence-electron chi connectivity index (χ4n) is 3.25. The third kappa shape index (κ3) is 4.40. The Labute approximate surface area is 153 Å². The molecule has 0 bridgehead atoms. The largest absolute Gasteiger partial charge is 0.325 e. The molecule has 4 nitrogen and oxygen atoms in total. The molecule has 2 amide bonds. The molecule has 0 saturated carbocycles. The van der Waals surface area contributed by atoms with Gasteiger partial charge in [0.05, 0.1) is 5.56 Å². The van der Waals surface area contributed by atoms with Crippen molar-refractivity contribution in [3.8, 4) is 6.07 Å². The van der Waals surface area contributed by atoms with Crippen molar-refractivity contribution in [1.29, 1.82) is 5.26 Å². The van der Waals surface area contributed by atoms with E-state index in [9.17, 15) is 9.18 Å². The van der Waals surface area contributed by atoms with E-state index in [4.69, 9.17) is 5.26 Å². The molecule has 134 valence electrons. The van der Waals surface area contributed by atoms with E-state index in [2.05, 4.69) is 0 Å². The number of amides is 2.